The molecular formula is H9KO7SZr. The van der Waals surface area contributed by atoms with Gasteiger partial charge in [0.15, 0.2) is 0 Å². The van der Waals surface area contributed by atoms with E-state index in [9.17, 15) is 0 Å². The molecule has 0 atom stereocenters. The van der Waals surface area contributed by atoms with Gasteiger partial charge in [0.25, 0.3) is 0 Å². The summed E-state index contributed by atoms with van der Waals surface area (Å²) >= 11 is 0. The van der Waals surface area contributed by atoms with E-state index < -0.39 is 10.4 Å². The topological polar surface area (TPSA) is 169 Å². The molecule has 0 aromatic heterocycles. The minimum Gasteiger partial charge on any atom is 0 e. The summed E-state index contributed by atoms with van der Waals surface area (Å²) in [6.45, 7) is 0. The van der Waals surface area contributed by atoms with Crippen LogP contribution in [0.2, 0.25) is 0 Å². The van der Waals surface area contributed by atoms with Crippen molar-refractivity contribution in [1.29, 1.82) is 0 Å². The second kappa shape index (κ2) is 17.4. The van der Waals surface area contributed by atoms with Crippen molar-refractivity contribution in [3.8, 4) is 0 Å². The molecular weight excluding hydrogens is 274 g/mol. The number of hydrogen-bond acceptors (Lipinski definition) is 2. The fourth-order valence-electron chi connectivity index (χ4n) is 0. The van der Waals surface area contributed by atoms with Gasteiger partial charge in [-0.1, -0.05) is 0 Å². The van der Waals surface area contributed by atoms with Gasteiger partial charge < -0.3 is 16.4 Å². The molecule has 0 spiro atoms. The first-order valence-electron chi connectivity index (χ1n) is 0.698. The van der Waals surface area contributed by atoms with E-state index in [1.54, 1.807) is 0 Å². The van der Waals surface area contributed by atoms with Crippen molar-refractivity contribution in [1.82, 2.24) is 0 Å². The van der Waals surface area contributed by atoms with E-state index in [-0.39, 0.29) is 94.0 Å². The van der Waals surface area contributed by atoms with Gasteiger partial charge in [-0.15, -0.1) is 0 Å². The zero-order chi connectivity index (χ0) is 4.50. The summed E-state index contributed by atoms with van der Waals surface area (Å²) in [4.78, 5) is 0. The standard InChI is InChI=1S/K.H2O4S.3H2O.Zr.H/c;1-5(2,3)4;;;;;/h;(H2,1,2,3,4);3*1H2;;. The molecule has 0 rings (SSSR count). The van der Waals surface area contributed by atoms with Gasteiger partial charge in [-0.05, 0) is 0 Å². The fraction of sp³-hybridized carbons (Fsp3) is 0. The van der Waals surface area contributed by atoms with Crippen LogP contribution in [0.25, 0.3) is 0 Å². The smallest absolute Gasteiger partial charge is 0 e. The molecule has 0 aliphatic heterocycles. The van der Waals surface area contributed by atoms with Gasteiger partial charge in [0.05, 0.1) is 0 Å². The minimum absolute atomic E-state index is 0. The van der Waals surface area contributed by atoms with Crippen molar-refractivity contribution >= 4 is 61.8 Å². The molecule has 0 amide bonds. The van der Waals surface area contributed by atoms with Crippen molar-refractivity contribution in [3.05, 3.63) is 0 Å². The molecule has 0 aromatic rings. The molecule has 10 heavy (non-hydrogen) atoms. The number of rotatable bonds is 0. The van der Waals surface area contributed by atoms with E-state index in [2.05, 4.69) is 0 Å². The predicted octanol–water partition coefficient (Wildman–Crippen LogP) is -3.78. The van der Waals surface area contributed by atoms with E-state index in [0.717, 1.165) is 0 Å². The average Bonchev–Trinajstić information content (AvgIpc) is 0.722. The minimum atomic E-state index is -4.67. The second-order valence-electron chi connectivity index (χ2n) is 0.448. The molecule has 0 bridgehead atoms. The molecule has 0 radical (unpaired) electrons. The number of hydrogen-bond donors (Lipinski definition) is 2. The normalized spacial score (nSPS) is 5.80. The first-order chi connectivity index (χ1) is 2.00. The van der Waals surface area contributed by atoms with Gasteiger partial charge in [0, 0.05) is 26.2 Å². The zero-order valence-corrected chi connectivity index (χ0v) is 7.39. The van der Waals surface area contributed by atoms with Crippen molar-refractivity contribution < 1.29 is 60.2 Å². The SMILES string of the molecule is O.O.O.O=S(=O)(O)O.[KH].[Zr]. The van der Waals surface area contributed by atoms with Gasteiger partial charge in [-0.3, -0.25) is 9.11 Å². The van der Waals surface area contributed by atoms with Crippen LogP contribution in [-0.4, -0.2) is 85.3 Å². The van der Waals surface area contributed by atoms with Gasteiger partial charge >= 0.3 is 61.8 Å². The van der Waals surface area contributed by atoms with Crippen LogP contribution >= 0.6 is 0 Å². The first kappa shape index (κ1) is 39.6. The van der Waals surface area contributed by atoms with Crippen LogP contribution in [0.5, 0.6) is 0 Å². The average molecular weight is 283 g/mol. The Morgan fingerprint density at radius 3 is 0.900 bits per heavy atom. The summed E-state index contributed by atoms with van der Waals surface area (Å²) in [6.07, 6.45) is 0. The van der Waals surface area contributed by atoms with E-state index >= 15 is 0 Å². The molecule has 0 aliphatic rings. The summed E-state index contributed by atoms with van der Waals surface area (Å²) in [5, 5.41) is 0. The van der Waals surface area contributed by atoms with Gasteiger partial charge in [-0.2, -0.15) is 8.42 Å². The summed E-state index contributed by atoms with van der Waals surface area (Å²) in [5.41, 5.74) is 0. The Morgan fingerprint density at radius 2 is 0.900 bits per heavy atom. The molecule has 0 unspecified atom stereocenters. The maximum atomic E-state index is 8.74. The van der Waals surface area contributed by atoms with E-state index in [1.165, 1.54) is 0 Å². The molecule has 0 fully saturated rings. The molecule has 7 nitrogen and oxygen atoms in total. The molecule has 0 aliphatic carbocycles. The van der Waals surface area contributed by atoms with E-state index in [4.69, 9.17) is 17.5 Å². The van der Waals surface area contributed by atoms with E-state index in [1.807, 2.05) is 0 Å². The molecule has 0 heterocycles. The molecule has 0 aromatic carbocycles. The summed E-state index contributed by atoms with van der Waals surface area (Å²) in [7, 11) is -4.67. The third kappa shape index (κ3) is 171. The first-order valence-corrected chi connectivity index (χ1v) is 2.10. The zero-order valence-electron chi connectivity index (χ0n) is 4.12. The quantitative estimate of drug-likeness (QED) is 0.343. The summed E-state index contributed by atoms with van der Waals surface area (Å²) in [6, 6.07) is 0. The van der Waals surface area contributed by atoms with Gasteiger partial charge in [-0.25, -0.2) is 0 Å². The Hall–Kier alpha value is 2.27. The van der Waals surface area contributed by atoms with Crippen LogP contribution in [0.3, 0.4) is 0 Å². The van der Waals surface area contributed by atoms with Gasteiger partial charge in [0.2, 0.25) is 0 Å². The maximum absolute atomic E-state index is 8.74. The second-order valence-corrected chi connectivity index (χ2v) is 1.34. The van der Waals surface area contributed by atoms with Crippen LogP contribution in [0.4, 0.5) is 0 Å². The summed E-state index contributed by atoms with van der Waals surface area (Å²) in [5.74, 6) is 0. The largest absolute Gasteiger partial charge is 0 e. The Kier molecular flexibility index (Phi) is 68.9. The third-order valence-electron chi connectivity index (χ3n) is 0. The van der Waals surface area contributed by atoms with Crippen molar-refractivity contribution in [3.63, 3.8) is 0 Å². The monoisotopic (exact) mass is 282 g/mol. The Morgan fingerprint density at radius 1 is 0.900 bits per heavy atom. The molecule has 8 N–H and O–H groups in total. The van der Waals surface area contributed by atoms with Crippen LogP contribution in [0.1, 0.15) is 0 Å². The Labute approximate surface area is 120 Å². The molecule has 0 saturated carbocycles. The van der Waals surface area contributed by atoms with Crippen molar-refractivity contribution in [2.75, 3.05) is 0 Å². The molecule has 0 saturated heterocycles. The summed E-state index contributed by atoms with van der Waals surface area (Å²) < 4.78 is 31.6. The maximum Gasteiger partial charge on any atom is 0 e. The Balaban J connectivity index is -0.00000000800. The van der Waals surface area contributed by atoms with Crippen LogP contribution < -0.4 is 0 Å². The predicted molar refractivity (Wildman–Crippen MR) is 32.2 cm³/mol. The van der Waals surface area contributed by atoms with Crippen LogP contribution in [0.15, 0.2) is 0 Å². The Bertz CT molecular complexity index is 96.8. The molecule has 62 valence electrons. The van der Waals surface area contributed by atoms with Gasteiger partial charge in [0.1, 0.15) is 0 Å². The van der Waals surface area contributed by atoms with E-state index in [0.29, 0.717) is 0 Å². The fourth-order valence-corrected chi connectivity index (χ4v) is 0. The van der Waals surface area contributed by atoms with Crippen molar-refractivity contribution in [2.45, 2.75) is 0 Å². The van der Waals surface area contributed by atoms with Crippen LogP contribution in [0, 0.1) is 0 Å². The molecule has 10 heteroatoms. The van der Waals surface area contributed by atoms with Crippen molar-refractivity contribution in [2.24, 2.45) is 0 Å². The van der Waals surface area contributed by atoms with Crippen LogP contribution in [-0.2, 0) is 36.6 Å². The third-order valence-corrected chi connectivity index (χ3v) is 0.